The second-order valence-corrected chi connectivity index (χ2v) is 3.53. The Labute approximate surface area is 76.9 Å². The van der Waals surface area contributed by atoms with Crippen molar-refractivity contribution >= 4 is 0 Å². The largest absolute Gasteiger partial charge is 0.381 e. The Bertz CT molecular complexity index is 290. The summed E-state index contributed by atoms with van der Waals surface area (Å²) in [6.07, 6.45) is 3.32. The van der Waals surface area contributed by atoms with Crippen molar-refractivity contribution in [3.63, 3.8) is 0 Å². The van der Waals surface area contributed by atoms with Gasteiger partial charge in [-0.15, -0.1) is 10.2 Å². The van der Waals surface area contributed by atoms with Gasteiger partial charge in [-0.3, -0.25) is 0 Å². The number of rotatable bonds is 1. The van der Waals surface area contributed by atoms with Gasteiger partial charge >= 0.3 is 0 Å². The molecule has 1 fully saturated rings. The lowest BCUT2D eigenvalue weighted by Crippen LogP contribution is -2.44. The summed E-state index contributed by atoms with van der Waals surface area (Å²) in [4.78, 5) is 0. The number of nitrogens with zero attached hydrogens (tertiary/aromatic N) is 3. The summed E-state index contributed by atoms with van der Waals surface area (Å²) in [5.41, 5.74) is 5.88. The molecule has 5 nitrogen and oxygen atoms in total. The maximum Gasteiger partial charge on any atom is 0.152 e. The Hall–Kier alpha value is -0.940. The first kappa shape index (κ1) is 8.65. The summed E-state index contributed by atoms with van der Waals surface area (Å²) in [5, 5.41) is 7.88. The molecular weight excluding hydrogens is 168 g/mol. The molecule has 1 aromatic rings. The van der Waals surface area contributed by atoms with Crippen molar-refractivity contribution in [2.45, 2.75) is 18.4 Å². The zero-order chi connectivity index (χ0) is 9.31. The number of hydrogen-bond donors (Lipinski definition) is 1. The van der Waals surface area contributed by atoms with Crippen LogP contribution in [0.3, 0.4) is 0 Å². The minimum Gasteiger partial charge on any atom is -0.381 e. The molecule has 1 aliphatic heterocycles. The standard InChI is InChI=1S/C8H14N4O/c1-12-6-10-11-7(12)8(9)2-4-13-5-3-8/h6H,2-5,9H2,1H3. The zero-order valence-corrected chi connectivity index (χ0v) is 7.73. The molecular formula is C8H14N4O. The molecule has 0 aliphatic carbocycles. The van der Waals surface area contributed by atoms with Crippen LogP contribution in [0.15, 0.2) is 6.33 Å². The van der Waals surface area contributed by atoms with E-state index in [1.165, 1.54) is 0 Å². The molecule has 0 aromatic carbocycles. The van der Waals surface area contributed by atoms with E-state index >= 15 is 0 Å². The Morgan fingerprint density at radius 3 is 2.77 bits per heavy atom. The average molecular weight is 182 g/mol. The number of hydrogen-bond acceptors (Lipinski definition) is 4. The second-order valence-electron chi connectivity index (χ2n) is 3.53. The van der Waals surface area contributed by atoms with E-state index in [1.807, 2.05) is 11.6 Å². The monoisotopic (exact) mass is 182 g/mol. The van der Waals surface area contributed by atoms with Gasteiger partial charge in [0.25, 0.3) is 0 Å². The van der Waals surface area contributed by atoms with Crippen molar-refractivity contribution in [2.75, 3.05) is 13.2 Å². The van der Waals surface area contributed by atoms with Crippen molar-refractivity contribution in [2.24, 2.45) is 12.8 Å². The summed E-state index contributed by atoms with van der Waals surface area (Å²) in [6.45, 7) is 1.42. The SMILES string of the molecule is Cn1cnnc1C1(N)CCOCC1. The molecule has 0 bridgehead atoms. The molecule has 2 heterocycles. The van der Waals surface area contributed by atoms with E-state index in [0.29, 0.717) is 13.2 Å². The molecule has 13 heavy (non-hydrogen) atoms. The van der Waals surface area contributed by atoms with Crippen molar-refractivity contribution < 1.29 is 4.74 Å². The zero-order valence-electron chi connectivity index (χ0n) is 7.73. The van der Waals surface area contributed by atoms with Gasteiger partial charge in [0.05, 0.1) is 5.54 Å². The first-order chi connectivity index (χ1) is 6.22. The third-order valence-electron chi connectivity index (χ3n) is 2.54. The van der Waals surface area contributed by atoms with Gasteiger partial charge in [0.1, 0.15) is 6.33 Å². The third-order valence-corrected chi connectivity index (χ3v) is 2.54. The van der Waals surface area contributed by atoms with E-state index in [0.717, 1.165) is 18.7 Å². The van der Waals surface area contributed by atoms with Gasteiger partial charge in [0, 0.05) is 20.3 Å². The van der Waals surface area contributed by atoms with Crippen molar-refractivity contribution in [3.8, 4) is 0 Å². The summed E-state index contributed by atoms with van der Waals surface area (Å²) in [7, 11) is 1.92. The molecule has 5 heteroatoms. The fraction of sp³-hybridized carbons (Fsp3) is 0.750. The average Bonchev–Trinajstić information content (AvgIpc) is 2.53. The van der Waals surface area contributed by atoms with Crippen molar-refractivity contribution in [1.29, 1.82) is 0 Å². The molecule has 1 saturated heterocycles. The normalized spacial score (nSPS) is 21.7. The molecule has 0 unspecified atom stereocenters. The minimum absolute atomic E-state index is 0.344. The highest BCUT2D eigenvalue weighted by molar-refractivity contribution is 5.05. The molecule has 0 amide bonds. The number of nitrogens with two attached hydrogens (primary N) is 1. The van der Waals surface area contributed by atoms with E-state index in [2.05, 4.69) is 10.2 Å². The van der Waals surface area contributed by atoms with E-state index in [4.69, 9.17) is 10.5 Å². The molecule has 0 saturated carbocycles. The third kappa shape index (κ3) is 1.45. The Morgan fingerprint density at radius 2 is 2.23 bits per heavy atom. The van der Waals surface area contributed by atoms with Crippen LogP contribution in [-0.4, -0.2) is 28.0 Å². The van der Waals surface area contributed by atoms with Crippen LogP contribution in [0.5, 0.6) is 0 Å². The van der Waals surface area contributed by atoms with Crippen LogP contribution < -0.4 is 5.73 Å². The molecule has 0 spiro atoms. The van der Waals surface area contributed by atoms with Gasteiger partial charge in [-0.25, -0.2) is 0 Å². The summed E-state index contributed by atoms with van der Waals surface area (Å²) < 4.78 is 7.15. The molecule has 72 valence electrons. The van der Waals surface area contributed by atoms with Crippen LogP contribution in [-0.2, 0) is 17.3 Å². The number of ether oxygens (including phenoxy) is 1. The van der Waals surface area contributed by atoms with E-state index in [1.54, 1.807) is 6.33 Å². The fourth-order valence-corrected chi connectivity index (χ4v) is 1.69. The lowest BCUT2D eigenvalue weighted by molar-refractivity contribution is 0.0481. The Kier molecular flexibility index (Phi) is 2.05. The lowest BCUT2D eigenvalue weighted by Gasteiger charge is -2.31. The van der Waals surface area contributed by atoms with E-state index < -0.39 is 0 Å². The van der Waals surface area contributed by atoms with Gasteiger partial charge in [-0.1, -0.05) is 0 Å². The van der Waals surface area contributed by atoms with E-state index in [9.17, 15) is 0 Å². The van der Waals surface area contributed by atoms with Crippen LogP contribution in [0.25, 0.3) is 0 Å². The second kappa shape index (κ2) is 3.08. The molecule has 2 N–H and O–H groups in total. The van der Waals surface area contributed by atoms with Crippen LogP contribution in [0.2, 0.25) is 0 Å². The highest BCUT2D eigenvalue weighted by Gasteiger charge is 2.33. The van der Waals surface area contributed by atoms with Gasteiger partial charge in [0.2, 0.25) is 0 Å². The van der Waals surface area contributed by atoms with Crippen molar-refractivity contribution in [1.82, 2.24) is 14.8 Å². The quantitative estimate of drug-likeness (QED) is 0.652. The topological polar surface area (TPSA) is 66.0 Å². The highest BCUT2D eigenvalue weighted by atomic mass is 16.5. The smallest absolute Gasteiger partial charge is 0.152 e. The van der Waals surface area contributed by atoms with Crippen LogP contribution >= 0.6 is 0 Å². The highest BCUT2D eigenvalue weighted by Crippen LogP contribution is 2.26. The summed E-state index contributed by atoms with van der Waals surface area (Å²) in [6, 6.07) is 0. The number of aryl methyl sites for hydroxylation is 1. The fourth-order valence-electron chi connectivity index (χ4n) is 1.69. The molecule has 0 atom stereocenters. The number of aromatic nitrogens is 3. The predicted octanol–water partition coefficient (Wildman–Crippen LogP) is -0.221. The maximum atomic E-state index is 6.22. The molecule has 2 rings (SSSR count). The molecule has 1 aromatic heterocycles. The lowest BCUT2D eigenvalue weighted by atomic mass is 9.90. The van der Waals surface area contributed by atoms with E-state index in [-0.39, 0.29) is 5.54 Å². The first-order valence-corrected chi connectivity index (χ1v) is 4.43. The van der Waals surface area contributed by atoms with Crippen molar-refractivity contribution in [3.05, 3.63) is 12.2 Å². The van der Waals surface area contributed by atoms with Gasteiger partial charge in [-0.2, -0.15) is 0 Å². The predicted molar refractivity (Wildman–Crippen MR) is 46.9 cm³/mol. The van der Waals surface area contributed by atoms with Gasteiger partial charge in [0.15, 0.2) is 5.82 Å². The summed E-state index contributed by atoms with van der Waals surface area (Å²) in [5.74, 6) is 0.857. The Morgan fingerprint density at radius 1 is 1.54 bits per heavy atom. The molecule has 1 aliphatic rings. The molecule has 0 radical (unpaired) electrons. The van der Waals surface area contributed by atoms with Gasteiger partial charge < -0.3 is 15.0 Å². The minimum atomic E-state index is -0.344. The van der Waals surface area contributed by atoms with Crippen LogP contribution in [0.4, 0.5) is 0 Å². The maximum absolute atomic E-state index is 6.22. The first-order valence-electron chi connectivity index (χ1n) is 4.43. The van der Waals surface area contributed by atoms with Gasteiger partial charge in [-0.05, 0) is 12.8 Å². The van der Waals surface area contributed by atoms with Crippen LogP contribution in [0, 0.1) is 0 Å². The Balaban J connectivity index is 2.27. The summed E-state index contributed by atoms with van der Waals surface area (Å²) >= 11 is 0. The van der Waals surface area contributed by atoms with Crippen LogP contribution in [0.1, 0.15) is 18.7 Å².